The zero-order chi connectivity index (χ0) is 33.8. The predicted octanol–water partition coefficient (Wildman–Crippen LogP) is 6.49. The van der Waals surface area contributed by atoms with Crippen molar-refractivity contribution in [2.45, 2.75) is 88.8 Å². The number of rotatable bonds is 12. The maximum atomic E-state index is 12.9. The number of likely N-dealkylation sites (tertiary alicyclic amines) is 1. The number of nitriles is 1. The highest BCUT2D eigenvalue weighted by Crippen LogP contribution is 2.35. The van der Waals surface area contributed by atoms with Crippen LogP contribution in [0.1, 0.15) is 61.1 Å². The summed E-state index contributed by atoms with van der Waals surface area (Å²) in [6.45, 7) is 7.06. The van der Waals surface area contributed by atoms with E-state index in [1.54, 1.807) is 6.07 Å². The lowest BCUT2D eigenvalue weighted by Crippen LogP contribution is -2.38. The number of aliphatic hydroxyl groups is 1. The Kier molecular flexibility index (Phi) is 10.6. The van der Waals surface area contributed by atoms with Crippen molar-refractivity contribution in [2.75, 3.05) is 25.0 Å². The van der Waals surface area contributed by atoms with Gasteiger partial charge in [-0.25, -0.2) is 9.97 Å². The number of alkyl halides is 3. The van der Waals surface area contributed by atoms with Crippen molar-refractivity contribution in [2.24, 2.45) is 5.92 Å². The van der Waals surface area contributed by atoms with Gasteiger partial charge in [-0.1, -0.05) is 6.08 Å². The molecule has 1 aliphatic heterocycles. The van der Waals surface area contributed by atoms with Gasteiger partial charge in [-0.3, -0.25) is 4.90 Å². The van der Waals surface area contributed by atoms with Gasteiger partial charge in [0.15, 0.2) is 0 Å². The Bertz CT molecular complexity index is 1770. The summed E-state index contributed by atoms with van der Waals surface area (Å²) < 4.78 is 40.6. The topological polar surface area (TPSA) is 122 Å². The van der Waals surface area contributed by atoms with E-state index >= 15 is 0 Å². The monoisotopic (exact) mass is 681 g/mol. The van der Waals surface area contributed by atoms with Gasteiger partial charge in [0.2, 0.25) is 0 Å². The van der Waals surface area contributed by atoms with Crippen LogP contribution in [0.2, 0.25) is 0 Å². The Labute approximate surface area is 282 Å². The molecule has 0 amide bonds. The predicted molar refractivity (Wildman–Crippen MR) is 182 cm³/mol. The average molecular weight is 682 g/mol. The van der Waals surface area contributed by atoms with Gasteiger partial charge in [0.05, 0.1) is 30.0 Å². The minimum absolute atomic E-state index is 0.101. The second-order valence-electron chi connectivity index (χ2n) is 13.1. The van der Waals surface area contributed by atoms with E-state index in [9.17, 15) is 28.6 Å². The van der Waals surface area contributed by atoms with Crippen LogP contribution in [0.25, 0.3) is 21.1 Å². The molecule has 0 spiro atoms. The SMILES string of the molecule is C=CCCNC1CCC(C(O)Cn2c(C#N)cc3cc(CN4CCC(Nc5ncnc6sc(CC(F)(F)F)cc56)CC4)c(O)cc32)CC1. The van der Waals surface area contributed by atoms with Crippen molar-refractivity contribution in [3.05, 3.63) is 59.4 Å². The summed E-state index contributed by atoms with van der Waals surface area (Å²) >= 11 is 1.04. The Balaban J connectivity index is 1.06. The molecule has 1 unspecified atom stereocenters. The van der Waals surface area contributed by atoms with Crippen molar-refractivity contribution in [1.82, 2.24) is 24.8 Å². The van der Waals surface area contributed by atoms with E-state index in [2.05, 4.69) is 38.1 Å². The normalized spacial score (nSPS) is 20.2. The van der Waals surface area contributed by atoms with Gasteiger partial charge in [0, 0.05) is 53.6 Å². The number of aliphatic hydroxyl groups excluding tert-OH is 1. The second-order valence-corrected chi connectivity index (χ2v) is 14.3. The molecule has 0 radical (unpaired) electrons. The molecule has 1 saturated carbocycles. The van der Waals surface area contributed by atoms with Crippen molar-refractivity contribution in [1.29, 1.82) is 5.26 Å². The Morgan fingerprint density at radius 3 is 2.56 bits per heavy atom. The molecule has 4 N–H and O–H groups in total. The number of hydrogen-bond donors (Lipinski definition) is 4. The van der Waals surface area contributed by atoms with E-state index in [1.165, 1.54) is 12.4 Å². The van der Waals surface area contributed by atoms with Gasteiger partial charge >= 0.3 is 6.18 Å². The molecule has 13 heteroatoms. The van der Waals surface area contributed by atoms with E-state index in [-0.39, 0.29) is 22.6 Å². The first kappa shape index (κ1) is 34.2. The molecule has 1 aromatic carbocycles. The van der Waals surface area contributed by atoms with Crippen LogP contribution in [0.15, 0.2) is 43.2 Å². The molecular weight excluding hydrogens is 639 g/mol. The summed E-state index contributed by atoms with van der Waals surface area (Å²) in [5.41, 5.74) is 1.96. The Morgan fingerprint density at radius 1 is 1.08 bits per heavy atom. The number of halogens is 3. The van der Waals surface area contributed by atoms with Crippen LogP contribution in [-0.2, 0) is 19.5 Å². The maximum Gasteiger partial charge on any atom is 0.393 e. The number of nitrogens with one attached hydrogen (secondary N) is 2. The van der Waals surface area contributed by atoms with Crippen molar-refractivity contribution in [3.8, 4) is 11.8 Å². The molecule has 3 aromatic heterocycles. The van der Waals surface area contributed by atoms with E-state index in [1.807, 2.05) is 22.8 Å². The van der Waals surface area contributed by atoms with Gasteiger partial charge in [-0.15, -0.1) is 17.9 Å². The lowest BCUT2D eigenvalue weighted by molar-refractivity contribution is -0.126. The van der Waals surface area contributed by atoms with Crippen molar-refractivity contribution in [3.63, 3.8) is 0 Å². The standard InChI is InChI=1S/C35H42F3N7O2S/c1-2-3-10-40-25-6-4-22(5-7-25)32(47)20-45-27(18-39)14-23-13-24(31(46)16-30(23)45)19-44-11-8-26(9-12-44)43-33-29-15-28(17-35(36,37)38)48-34(29)42-21-41-33/h2,13-16,21-22,25-26,32,40,46-47H,1,3-12,17,19-20H2,(H,41,42,43). The largest absolute Gasteiger partial charge is 0.508 e. The van der Waals surface area contributed by atoms with Crippen LogP contribution >= 0.6 is 11.3 Å². The molecule has 6 rings (SSSR count). The molecule has 2 aliphatic rings. The molecule has 256 valence electrons. The van der Waals surface area contributed by atoms with Crippen LogP contribution in [-0.4, -0.2) is 73.6 Å². The summed E-state index contributed by atoms with van der Waals surface area (Å²) in [6.07, 6.45) is 3.87. The molecule has 4 aromatic rings. The van der Waals surface area contributed by atoms with Crippen molar-refractivity contribution >= 4 is 38.3 Å². The number of piperidine rings is 1. The highest BCUT2D eigenvalue weighted by atomic mass is 32.1. The van der Waals surface area contributed by atoms with E-state index in [0.717, 1.165) is 92.4 Å². The van der Waals surface area contributed by atoms with Gasteiger partial charge in [0.1, 0.15) is 34.5 Å². The van der Waals surface area contributed by atoms with Gasteiger partial charge < -0.3 is 25.4 Å². The summed E-state index contributed by atoms with van der Waals surface area (Å²) in [5, 5.41) is 40.6. The fraction of sp³-hybridized carbons (Fsp3) is 0.514. The summed E-state index contributed by atoms with van der Waals surface area (Å²) in [6, 6.07) is 9.84. The fourth-order valence-corrected chi connectivity index (χ4v) is 8.20. The summed E-state index contributed by atoms with van der Waals surface area (Å²) in [5.74, 6) is 0.870. The van der Waals surface area contributed by atoms with Gasteiger partial charge in [-0.2, -0.15) is 18.4 Å². The lowest BCUT2D eigenvalue weighted by atomic mass is 9.82. The Hall–Kier alpha value is -3.70. The zero-order valence-electron chi connectivity index (χ0n) is 26.8. The number of thiophene rings is 1. The first-order valence-corrected chi connectivity index (χ1v) is 17.5. The number of benzene rings is 1. The molecule has 9 nitrogen and oxygen atoms in total. The minimum atomic E-state index is -4.28. The highest BCUT2D eigenvalue weighted by Gasteiger charge is 2.30. The Morgan fingerprint density at radius 2 is 1.85 bits per heavy atom. The van der Waals surface area contributed by atoms with E-state index in [0.29, 0.717) is 40.9 Å². The number of nitrogens with zero attached hydrogens (tertiary/aromatic N) is 5. The minimum Gasteiger partial charge on any atom is -0.508 e. The number of phenolic OH excluding ortho intramolecular Hbond substituents is 1. The molecule has 1 atom stereocenters. The molecule has 0 bridgehead atoms. The lowest BCUT2D eigenvalue weighted by Gasteiger charge is -2.33. The highest BCUT2D eigenvalue weighted by molar-refractivity contribution is 7.18. The molecular formula is C35H42F3N7O2S. The van der Waals surface area contributed by atoms with Crippen LogP contribution in [0.3, 0.4) is 0 Å². The molecule has 48 heavy (non-hydrogen) atoms. The smallest absolute Gasteiger partial charge is 0.393 e. The van der Waals surface area contributed by atoms with E-state index in [4.69, 9.17) is 0 Å². The zero-order valence-corrected chi connectivity index (χ0v) is 27.7. The van der Waals surface area contributed by atoms with Crippen LogP contribution in [0, 0.1) is 17.2 Å². The first-order valence-electron chi connectivity index (χ1n) is 16.7. The van der Waals surface area contributed by atoms with Crippen LogP contribution in [0.4, 0.5) is 19.0 Å². The van der Waals surface area contributed by atoms with Crippen LogP contribution in [0.5, 0.6) is 5.75 Å². The number of hydrogen-bond acceptors (Lipinski definition) is 9. The van der Waals surface area contributed by atoms with Gasteiger partial charge in [0.25, 0.3) is 0 Å². The van der Waals surface area contributed by atoms with Crippen molar-refractivity contribution < 1.29 is 23.4 Å². The quantitative estimate of drug-likeness (QED) is 0.0990. The second kappa shape index (κ2) is 14.8. The third kappa shape index (κ3) is 8.11. The molecule has 1 saturated heterocycles. The first-order chi connectivity index (χ1) is 23.1. The van der Waals surface area contributed by atoms with E-state index < -0.39 is 18.7 Å². The maximum absolute atomic E-state index is 12.9. The molecule has 4 heterocycles. The van der Waals surface area contributed by atoms with Gasteiger partial charge in [-0.05, 0) is 75.6 Å². The molecule has 1 aliphatic carbocycles. The number of aromatic hydroxyl groups is 1. The van der Waals surface area contributed by atoms with Crippen LogP contribution < -0.4 is 10.6 Å². The average Bonchev–Trinajstić information content (AvgIpc) is 3.62. The summed E-state index contributed by atoms with van der Waals surface area (Å²) in [4.78, 5) is 11.5. The number of fused-ring (bicyclic) bond motifs is 2. The fourth-order valence-electron chi connectivity index (χ4n) is 7.17. The number of anilines is 1. The third-order valence-electron chi connectivity index (χ3n) is 9.76. The number of phenols is 1. The third-order valence-corrected chi connectivity index (χ3v) is 10.8. The number of aromatic nitrogens is 3. The molecule has 2 fully saturated rings. The summed E-state index contributed by atoms with van der Waals surface area (Å²) in [7, 11) is 0.